The maximum absolute atomic E-state index is 10.5. The van der Waals surface area contributed by atoms with E-state index in [0.717, 1.165) is 22.3 Å². The Hall–Kier alpha value is -1.86. The van der Waals surface area contributed by atoms with Crippen LogP contribution in [0.5, 0.6) is 0 Å². The van der Waals surface area contributed by atoms with Gasteiger partial charge in [0.1, 0.15) is 6.10 Å². The maximum atomic E-state index is 10.5. The first-order valence-corrected chi connectivity index (χ1v) is 5.81. The van der Waals surface area contributed by atoms with Gasteiger partial charge in [0.05, 0.1) is 0 Å². The lowest BCUT2D eigenvalue weighted by molar-refractivity contribution is 0.220. The maximum Gasteiger partial charge on any atom is 0.105 e. The average Bonchev–Trinajstić information content (AvgIpc) is 2.49. The molecular weight excluding hydrogens is 208 g/mol. The Balaban J connectivity index is 2.25. The van der Waals surface area contributed by atoms with Gasteiger partial charge in [0, 0.05) is 0 Å². The molecule has 1 aliphatic carbocycles. The second-order valence-electron chi connectivity index (χ2n) is 4.50. The number of hydrogen-bond donors (Lipinski definition) is 1. The van der Waals surface area contributed by atoms with Crippen molar-refractivity contribution in [3.8, 4) is 0 Å². The number of fused-ring (bicyclic) bond motifs is 2. The van der Waals surface area contributed by atoms with Crippen LogP contribution in [-0.4, -0.2) is 5.11 Å². The number of aryl methyl sites for hydroxylation is 1. The van der Waals surface area contributed by atoms with E-state index in [1.54, 1.807) is 0 Å². The molecule has 0 radical (unpaired) electrons. The van der Waals surface area contributed by atoms with Crippen LogP contribution in [0.25, 0.3) is 12.2 Å². The Labute approximate surface area is 101 Å². The molecule has 0 saturated heterocycles. The number of rotatable bonds is 0. The zero-order valence-electron chi connectivity index (χ0n) is 9.72. The zero-order valence-corrected chi connectivity index (χ0v) is 9.72. The minimum Gasteiger partial charge on any atom is -0.384 e. The van der Waals surface area contributed by atoms with Crippen LogP contribution in [-0.2, 0) is 0 Å². The van der Waals surface area contributed by atoms with Gasteiger partial charge < -0.3 is 5.11 Å². The van der Waals surface area contributed by atoms with Gasteiger partial charge in [-0.05, 0) is 29.2 Å². The van der Waals surface area contributed by atoms with Crippen LogP contribution in [0.2, 0.25) is 0 Å². The lowest BCUT2D eigenvalue weighted by Crippen LogP contribution is -2.02. The first-order valence-electron chi connectivity index (χ1n) is 5.81. The summed E-state index contributed by atoms with van der Waals surface area (Å²) >= 11 is 0. The van der Waals surface area contributed by atoms with Crippen LogP contribution in [0.15, 0.2) is 42.5 Å². The minimum absolute atomic E-state index is 0.531. The number of aliphatic hydroxyl groups excluding tert-OH is 1. The molecule has 1 N–H and O–H groups in total. The van der Waals surface area contributed by atoms with Crippen LogP contribution in [0.4, 0.5) is 0 Å². The zero-order chi connectivity index (χ0) is 11.8. The van der Waals surface area contributed by atoms with Crippen molar-refractivity contribution in [1.29, 1.82) is 0 Å². The lowest BCUT2D eigenvalue weighted by atomic mass is 9.95. The Morgan fingerprint density at radius 1 is 0.882 bits per heavy atom. The van der Waals surface area contributed by atoms with E-state index in [-0.39, 0.29) is 0 Å². The van der Waals surface area contributed by atoms with Gasteiger partial charge in [0.15, 0.2) is 0 Å². The van der Waals surface area contributed by atoms with E-state index in [4.69, 9.17) is 0 Å². The first kappa shape index (κ1) is 10.3. The van der Waals surface area contributed by atoms with E-state index in [1.807, 2.05) is 31.2 Å². The summed E-state index contributed by atoms with van der Waals surface area (Å²) in [4.78, 5) is 0. The molecule has 0 aromatic heterocycles. The summed E-state index contributed by atoms with van der Waals surface area (Å²) in [5.41, 5.74) is 5.34. The molecule has 0 spiro atoms. The molecule has 0 aliphatic heterocycles. The number of benzene rings is 2. The fourth-order valence-electron chi connectivity index (χ4n) is 2.34. The fraction of sp³-hybridized carbons (Fsp3) is 0.125. The predicted octanol–water partition coefficient (Wildman–Crippen LogP) is 3.56. The third-order valence-electron chi connectivity index (χ3n) is 3.27. The summed E-state index contributed by atoms with van der Waals surface area (Å²) in [6.45, 7) is 2.05. The molecule has 17 heavy (non-hydrogen) atoms. The summed E-state index contributed by atoms with van der Waals surface area (Å²) in [6.07, 6.45) is 3.61. The molecule has 1 nitrogen and oxygen atoms in total. The van der Waals surface area contributed by atoms with E-state index < -0.39 is 6.10 Å². The van der Waals surface area contributed by atoms with Crippen LogP contribution in [0, 0.1) is 6.92 Å². The molecule has 1 atom stereocenters. The van der Waals surface area contributed by atoms with Gasteiger partial charge in [-0.15, -0.1) is 0 Å². The molecule has 2 aromatic rings. The van der Waals surface area contributed by atoms with E-state index in [1.165, 1.54) is 5.56 Å². The van der Waals surface area contributed by atoms with E-state index in [9.17, 15) is 5.11 Å². The lowest BCUT2D eigenvalue weighted by Gasteiger charge is -2.14. The summed E-state index contributed by atoms with van der Waals surface area (Å²) in [6, 6.07) is 14.2. The Kier molecular flexibility index (Phi) is 2.34. The van der Waals surface area contributed by atoms with Crippen LogP contribution < -0.4 is 0 Å². The summed E-state index contributed by atoms with van der Waals surface area (Å²) < 4.78 is 0. The second kappa shape index (κ2) is 3.86. The van der Waals surface area contributed by atoms with Crippen molar-refractivity contribution in [2.24, 2.45) is 0 Å². The van der Waals surface area contributed by atoms with Crippen molar-refractivity contribution >= 4 is 12.2 Å². The quantitative estimate of drug-likeness (QED) is 0.722. The van der Waals surface area contributed by atoms with Gasteiger partial charge >= 0.3 is 0 Å². The average molecular weight is 222 g/mol. The number of hydrogen-bond acceptors (Lipinski definition) is 1. The van der Waals surface area contributed by atoms with Crippen molar-refractivity contribution in [1.82, 2.24) is 0 Å². The molecule has 2 aromatic carbocycles. The van der Waals surface area contributed by atoms with Crippen molar-refractivity contribution in [2.75, 3.05) is 0 Å². The van der Waals surface area contributed by atoms with Crippen LogP contribution in [0.1, 0.15) is 33.9 Å². The molecule has 84 valence electrons. The third kappa shape index (κ3) is 1.69. The molecule has 0 bridgehead atoms. The molecule has 0 amide bonds. The fourth-order valence-corrected chi connectivity index (χ4v) is 2.34. The van der Waals surface area contributed by atoms with Gasteiger partial charge in [-0.1, -0.05) is 60.2 Å². The summed E-state index contributed by atoms with van der Waals surface area (Å²) in [5.74, 6) is 0. The van der Waals surface area contributed by atoms with E-state index >= 15 is 0 Å². The van der Waals surface area contributed by atoms with Gasteiger partial charge in [0.25, 0.3) is 0 Å². The van der Waals surface area contributed by atoms with Crippen molar-refractivity contribution in [2.45, 2.75) is 13.0 Å². The highest BCUT2D eigenvalue weighted by molar-refractivity contribution is 5.76. The van der Waals surface area contributed by atoms with Gasteiger partial charge in [-0.2, -0.15) is 0 Å². The molecule has 3 rings (SSSR count). The van der Waals surface area contributed by atoms with Crippen LogP contribution in [0.3, 0.4) is 0 Å². The Morgan fingerprint density at radius 3 is 2.41 bits per heavy atom. The van der Waals surface area contributed by atoms with E-state index in [0.29, 0.717) is 0 Å². The molecule has 1 unspecified atom stereocenters. The molecule has 0 saturated carbocycles. The molecule has 1 heteroatoms. The largest absolute Gasteiger partial charge is 0.384 e. The van der Waals surface area contributed by atoms with Crippen molar-refractivity contribution < 1.29 is 5.11 Å². The summed E-state index contributed by atoms with van der Waals surface area (Å²) in [7, 11) is 0. The third-order valence-corrected chi connectivity index (χ3v) is 3.27. The SMILES string of the molecule is Cc1ccc2c(c1)C(O)c1ccccc1C=C2. The van der Waals surface area contributed by atoms with Gasteiger partial charge in [0.2, 0.25) is 0 Å². The Morgan fingerprint density at radius 2 is 1.59 bits per heavy atom. The molecule has 0 heterocycles. The molecule has 0 fully saturated rings. The highest BCUT2D eigenvalue weighted by atomic mass is 16.3. The summed E-state index contributed by atoms with van der Waals surface area (Å²) in [5, 5.41) is 10.5. The number of aliphatic hydroxyl groups is 1. The Bertz CT molecular complexity index is 596. The second-order valence-corrected chi connectivity index (χ2v) is 4.50. The monoisotopic (exact) mass is 222 g/mol. The van der Waals surface area contributed by atoms with Crippen molar-refractivity contribution in [3.05, 3.63) is 70.3 Å². The van der Waals surface area contributed by atoms with Gasteiger partial charge in [-0.25, -0.2) is 0 Å². The minimum atomic E-state index is -0.531. The molecular formula is C16H14O. The first-order chi connectivity index (χ1) is 8.25. The van der Waals surface area contributed by atoms with Crippen LogP contribution >= 0.6 is 0 Å². The predicted molar refractivity (Wildman–Crippen MR) is 70.6 cm³/mol. The molecule has 1 aliphatic rings. The highest BCUT2D eigenvalue weighted by Crippen LogP contribution is 2.32. The highest BCUT2D eigenvalue weighted by Gasteiger charge is 2.18. The van der Waals surface area contributed by atoms with Crippen molar-refractivity contribution in [3.63, 3.8) is 0 Å². The smallest absolute Gasteiger partial charge is 0.105 e. The normalized spacial score (nSPS) is 17.2. The standard InChI is InChI=1S/C16H14O/c1-11-6-7-13-9-8-12-4-2-3-5-14(12)16(17)15(13)10-11/h2-10,16-17H,1H3. The topological polar surface area (TPSA) is 20.2 Å². The van der Waals surface area contributed by atoms with E-state index in [2.05, 4.69) is 30.4 Å². The van der Waals surface area contributed by atoms with Gasteiger partial charge in [-0.3, -0.25) is 0 Å².